The third-order valence-corrected chi connectivity index (χ3v) is 5.81. The van der Waals surface area contributed by atoms with Gasteiger partial charge in [-0.15, -0.1) is 0 Å². The molecule has 0 aliphatic rings. The molecule has 0 aliphatic heterocycles. The van der Waals surface area contributed by atoms with E-state index in [9.17, 15) is 9.18 Å². The number of ether oxygens (including phenoxy) is 2. The predicted molar refractivity (Wildman–Crippen MR) is 128 cm³/mol. The van der Waals surface area contributed by atoms with Crippen LogP contribution in [-0.2, 0) is 6.54 Å². The third kappa shape index (κ3) is 4.55. The van der Waals surface area contributed by atoms with Crippen molar-refractivity contribution < 1.29 is 18.7 Å². The van der Waals surface area contributed by atoms with Crippen LogP contribution < -0.4 is 9.47 Å². The van der Waals surface area contributed by atoms with Crippen LogP contribution in [0.2, 0.25) is 0 Å². The van der Waals surface area contributed by atoms with Crippen LogP contribution in [0.15, 0.2) is 72.9 Å². The van der Waals surface area contributed by atoms with Gasteiger partial charge in [0.05, 0.1) is 13.7 Å². The Bertz CT molecular complexity index is 1260. The van der Waals surface area contributed by atoms with E-state index in [1.165, 1.54) is 6.07 Å². The topological polar surface area (TPSA) is 43.7 Å². The molecule has 0 radical (unpaired) electrons. The largest absolute Gasteiger partial charge is 0.497 e. The lowest BCUT2D eigenvalue weighted by molar-refractivity contribution is 0.157. The van der Waals surface area contributed by atoms with Gasteiger partial charge in [-0.1, -0.05) is 30.3 Å². The summed E-state index contributed by atoms with van der Waals surface area (Å²) in [5, 5.41) is 0.918. The van der Waals surface area contributed by atoms with E-state index in [0.29, 0.717) is 30.9 Å². The molecule has 3 aromatic carbocycles. The maximum atomic E-state index is 14.3. The van der Waals surface area contributed by atoms with Crippen molar-refractivity contribution in [1.82, 2.24) is 9.47 Å². The molecule has 1 amide bonds. The molecule has 0 bridgehead atoms. The number of rotatable bonds is 7. The molecule has 4 rings (SSSR count). The van der Waals surface area contributed by atoms with Crippen molar-refractivity contribution in [2.24, 2.45) is 0 Å². The smallest absolute Gasteiger partial charge is 0.415 e. The summed E-state index contributed by atoms with van der Waals surface area (Å²) in [4.78, 5) is 14.3. The molecule has 4 aromatic rings. The van der Waals surface area contributed by atoms with Crippen LogP contribution in [0.3, 0.4) is 0 Å². The van der Waals surface area contributed by atoms with E-state index in [4.69, 9.17) is 9.47 Å². The first-order chi connectivity index (χ1) is 16.0. The number of amides is 1. The molecule has 1 heterocycles. The summed E-state index contributed by atoms with van der Waals surface area (Å²) >= 11 is 0. The zero-order valence-corrected chi connectivity index (χ0v) is 19.0. The quantitative estimate of drug-likeness (QED) is 0.332. The average molecular weight is 447 g/mol. The summed E-state index contributed by atoms with van der Waals surface area (Å²) in [7, 11) is 1.62. The second-order valence-electron chi connectivity index (χ2n) is 7.68. The number of nitrogens with zero attached hydrogens (tertiary/aromatic N) is 2. The Morgan fingerprint density at radius 3 is 2.36 bits per heavy atom. The Morgan fingerprint density at radius 2 is 1.70 bits per heavy atom. The highest BCUT2D eigenvalue weighted by molar-refractivity contribution is 5.99. The van der Waals surface area contributed by atoms with Crippen LogP contribution in [0.4, 0.5) is 9.18 Å². The lowest BCUT2D eigenvalue weighted by Gasteiger charge is -2.20. The Labute approximate surface area is 193 Å². The van der Waals surface area contributed by atoms with E-state index in [0.717, 1.165) is 27.8 Å². The SMILES string of the molecule is CCN(CC)C(=O)Oc1ccc2c(ccn2Cc2ccccc2F)c1-c1ccc(OC)cc1. The molecule has 33 heavy (non-hydrogen) atoms. The van der Waals surface area contributed by atoms with E-state index < -0.39 is 0 Å². The fraction of sp³-hybridized carbons (Fsp3) is 0.222. The van der Waals surface area contributed by atoms with Crippen LogP contribution in [-0.4, -0.2) is 35.8 Å². The highest BCUT2D eigenvalue weighted by Gasteiger charge is 2.19. The number of halogens is 1. The van der Waals surface area contributed by atoms with Gasteiger partial charge >= 0.3 is 6.09 Å². The number of carbonyl (C=O) groups excluding carboxylic acids is 1. The van der Waals surface area contributed by atoms with Crippen molar-refractivity contribution in [3.8, 4) is 22.6 Å². The van der Waals surface area contributed by atoms with E-state index in [1.54, 1.807) is 30.2 Å². The molecule has 0 atom stereocenters. The van der Waals surface area contributed by atoms with Gasteiger partial charge in [0.15, 0.2) is 0 Å². The Hall–Kier alpha value is -3.80. The Kier molecular flexibility index (Phi) is 6.63. The number of aromatic nitrogens is 1. The molecule has 0 N–H and O–H groups in total. The fourth-order valence-electron chi connectivity index (χ4n) is 3.98. The first kappa shape index (κ1) is 22.4. The van der Waals surface area contributed by atoms with Gasteiger partial charge in [0.25, 0.3) is 0 Å². The summed E-state index contributed by atoms with van der Waals surface area (Å²) < 4.78 is 27.4. The third-order valence-electron chi connectivity index (χ3n) is 5.81. The number of benzene rings is 3. The van der Waals surface area contributed by atoms with E-state index in [2.05, 4.69) is 0 Å². The van der Waals surface area contributed by atoms with Gasteiger partial charge in [0, 0.05) is 41.3 Å². The normalized spacial score (nSPS) is 10.9. The maximum Gasteiger partial charge on any atom is 0.415 e. The molecule has 1 aromatic heterocycles. The van der Waals surface area contributed by atoms with Crippen molar-refractivity contribution in [2.75, 3.05) is 20.2 Å². The average Bonchev–Trinajstić information content (AvgIpc) is 3.24. The van der Waals surface area contributed by atoms with Crippen LogP contribution in [0, 0.1) is 5.82 Å². The second-order valence-corrected chi connectivity index (χ2v) is 7.68. The van der Waals surface area contributed by atoms with Gasteiger partial charge in [-0.05, 0) is 55.8 Å². The summed E-state index contributed by atoms with van der Waals surface area (Å²) in [6, 6.07) is 20.1. The molecule has 0 spiro atoms. The molecule has 0 aliphatic carbocycles. The highest BCUT2D eigenvalue weighted by Crippen LogP contribution is 2.39. The predicted octanol–water partition coefficient (Wildman–Crippen LogP) is 6.34. The molecule has 170 valence electrons. The van der Waals surface area contributed by atoms with Crippen molar-refractivity contribution in [3.63, 3.8) is 0 Å². The van der Waals surface area contributed by atoms with E-state index in [1.807, 2.05) is 67.1 Å². The molecule has 6 heteroatoms. The van der Waals surface area contributed by atoms with Gasteiger partial charge in [-0.25, -0.2) is 9.18 Å². The first-order valence-corrected chi connectivity index (χ1v) is 11.0. The summed E-state index contributed by atoms with van der Waals surface area (Å²) in [6.07, 6.45) is 1.54. The van der Waals surface area contributed by atoms with Gasteiger partial charge in [0.2, 0.25) is 0 Å². The van der Waals surface area contributed by atoms with Gasteiger partial charge in [0.1, 0.15) is 17.3 Å². The van der Waals surface area contributed by atoms with Crippen LogP contribution in [0.25, 0.3) is 22.0 Å². The zero-order valence-electron chi connectivity index (χ0n) is 19.0. The highest BCUT2D eigenvalue weighted by atomic mass is 19.1. The minimum atomic E-state index is -0.389. The van der Waals surface area contributed by atoms with E-state index in [-0.39, 0.29) is 11.9 Å². The van der Waals surface area contributed by atoms with Crippen molar-refractivity contribution in [2.45, 2.75) is 20.4 Å². The molecular weight excluding hydrogens is 419 g/mol. The van der Waals surface area contributed by atoms with Gasteiger partial charge in [-0.3, -0.25) is 0 Å². The minimum absolute atomic E-state index is 0.237. The number of fused-ring (bicyclic) bond motifs is 1. The van der Waals surface area contributed by atoms with E-state index >= 15 is 0 Å². The van der Waals surface area contributed by atoms with Crippen molar-refractivity contribution >= 4 is 17.0 Å². The standard InChI is InChI=1S/C27H27FN2O3/c1-4-29(5-2)27(31)33-25-15-14-24-22(26(25)19-10-12-21(32-3)13-11-19)16-17-30(24)18-20-8-6-7-9-23(20)28/h6-17H,4-5,18H2,1-3H3. The molecular formula is C27H27FN2O3. The number of carbonyl (C=O) groups is 1. The summed E-state index contributed by atoms with van der Waals surface area (Å²) in [6.45, 7) is 5.36. The fourth-order valence-corrected chi connectivity index (χ4v) is 3.98. The van der Waals surface area contributed by atoms with Crippen LogP contribution >= 0.6 is 0 Å². The lowest BCUT2D eigenvalue weighted by Crippen LogP contribution is -2.33. The Morgan fingerprint density at radius 1 is 0.970 bits per heavy atom. The summed E-state index contributed by atoms with van der Waals surface area (Å²) in [5.74, 6) is 0.984. The second kappa shape index (κ2) is 9.77. The van der Waals surface area contributed by atoms with Crippen molar-refractivity contribution in [1.29, 1.82) is 0 Å². The molecule has 0 saturated heterocycles. The van der Waals surface area contributed by atoms with Crippen LogP contribution in [0.1, 0.15) is 19.4 Å². The number of methoxy groups -OCH3 is 1. The monoisotopic (exact) mass is 446 g/mol. The van der Waals surface area contributed by atoms with Gasteiger partial charge < -0.3 is 18.9 Å². The molecule has 0 unspecified atom stereocenters. The maximum absolute atomic E-state index is 14.3. The van der Waals surface area contributed by atoms with Crippen molar-refractivity contribution in [3.05, 3.63) is 84.3 Å². The minimum Gasteiger partial charge on any atom is -0.497 e. The number of hydrogen-bond acceptors (Lipinski definition) is 3. The molecule has 5 nitrogen and oxygen atoms in total. The van der Waals surface area contributed by atoms with Gasteiger partial charge in [-0.2, -0.15) is 0 Å². The number of hydrogen-bond donors (Lipinski definition) is 0. The zero-order chi connectivity index (χ0) is 23.4. The molecule has 0 saturated carbocycles. The Balaban J connectivity index is 1.81. The molecule has 0 fully saturated rings. The first-order valence-electron chi connectivity index (χ1n) is 11.0. The lowest BCUT2D eigenvalue weighted by atomic mass is 10.0. The summed E-state index contributed by atoms with van der Waals surface area (Å²) in [5.41, 5.74) is 3.24. The van der Waals surface area contributed by atoms with Crippen LogP contribution in [0.5, 0.6) is 11.5 Å².